The summed E-state index contributed by atoms with van der Waals surface area (Å²) in [5.74, 6) is -4.46. The number of hydrogen-bond donors (Lipinski definition) is 2. The number of fused-ring (bicyclic) bond motifs is 1. The molecule has 0 bridgehead atoms. The summed E-state index contributed by atoms with van der Waals surface area (Å²) in [6.07, 6.45) is -1.03. The summed E-state index contributed by atoms with van der Waals surface area (Å²) in [4.78, 5) is 17.0. The summed E-state index contributed by atoms with van der Waals surface area (Å²) in [5, 5.41) is 16.3. The molecule has 0 aliphatic rings. The van der Waals surface area contributed by atoms with Crippen LogP contribution in [0.3, 0.4) is 0 Å². The van der Waals surface area contributed by atoms with Gasteiger partial charge in [-0.25, -0.2) is 17.6 Å². The number of benzene rings is 2. The van der Waals surface area contributed by atoms with E-state index in [4.69, 9.17) is 4.74 Å². The van der Waals surface area contributed by atoms with Gasteiger partial charge < -0.3 is 9.84 Å². The molecule has 1 atom stereocenters. The second-order valence-electron chi connectivity index (χ2n) is 6.75. The highest BCUT2D eigenvalue weighted by Crippen LogP contribution is 2.29. The maximum absolute atomic E-state index is 14.3. The summed E-state index contributed by atoms with van der Waals surface area (Å²) in [6.45, 7) is 1.13. The first-order valence-electron chi connectivity index (χ1n) is 9.00. The lowest BCUT2D eigenvalue weighted by molar-refractivity contribution is 0.173. The predicted octanol–water partition coefficient (Wildman–Crippen LogP) is 3.52. The summed E-state index contributed by atoms with van der Waals surface area (Å²) < 4.78 is 61.3. The van der Waals surface area contributed by atoms with E-state index in [9.17, 15) is 27.5 Å². The van der Waals surface area contributed by atoms with Crippen molar-refractivity contribution in [3.05, 3.63) is 70.0 Å². The molecule has 0 aliphatic carbocycles. The highest BCUT2D eigenvalue weighted by atomic mass is 19.1. The smallest absolute Gasteiger partial charge is 0.314 e. The number of rotatable bonds is 5. The van der Waals surface area contributed by atoms with Gasteiger partial charge in [0, 0.05) is 11.6 Å². The molecular weight excluding hydrogens is 420 g/mol. The van der Waals surface area contributed by atoms with E-state index in [1.54, 1.807) is 0 Å². The summed E-state index contributed by atoms with van der Waals surface area (Å²) in [6, 6.07) is 5.23. The Morgan fingerprint density at radius 1 is 1.10 bits per heavy atom. The average molecular weight is 434 g/mol. The molecule has 0 saturated heterocycles. The van der Waals surface area contributed by atoms with E-state index in [1.165, 1.54) is 6.92 Å². The number of aliphatic hydroxyl groups excluding tert-OH is 1. The van der Waals surface area contributed by atoms with Crippen molar-refractivity contribution in [2.45, 2.75) is 19.6 Å². The van der Waals surface area contributed by atoms with Gasteiger partial charge in [0.05, 0.1) is 12.6 Å². The van der Waals surface area contributed by atoms with Crippen LogP contribution in [-0.4, -0.2) is 31.0 Å². The Balaban J connectivity index is 1.93. The number of aromatic nitrogens is 4. The van der Waals surface area contributed by atoms with Crippen LogP contribution < -0.4 is 10.3 Å². The Kier molecular flexibility index (Phi) is 5.19. The van der Waals surface area contributed by atoms with Gasteiger partial charge in [-0.3, -0.25) is 14.5 Å². The van der Waals surface area contributed by atoms with E-state index in [-0.39, 0.29) is 29.0 Å². The Morgan fingerprint density at radius 3 is 2.52 bits per heavy atom. The van der Waals surface area contributed by atoms with Gasteiger partial charge in [0.1, 0.15) is 28.7 Å². The number of ether oxygens (including phenoxy) is 1. The summed E-state index contributed by atoms with van der Waals surface area (Å²) >= 11 is 0. The molecule has 4 aromatic rings. The van der Waals surface area contributed by atoms with Gasteiger partial charge in [0.2, 0.25) is 0 Å². The third-order valence-corrected chi connectivity index (χ3v) is 4.36. The van der Waals surface area contributed by atoms with Crippen LogP contribution in [0.25, 0.3) is 22.4 Å². The minimum atomic E-state index is -1.06. The third-order valence-electron chi connectivity index (χ3n) is 4.36. The standard InChI is InChI=1S/C20H14F4N4O3/c1-9(29)8-28-17-16(12-6-10(21)2-4-13(12)23)26-27-18(17)25-19(20(28)30)31-15-5-3-11(22)7-14(15)24/h2-7,9,29H,8H2,1H3,(H,26,27). The second-order valence-corrected chi connectivity index (χ2v) is 6.75. The van der Waals surface area contributed by atoms with Crippen molar-refractivity contribution in [2.75, 3.05) is 0 Å². The zero-order valence-electron chi connectivity index (χ0n) is 15.9. The number of aliphatic hydroxyl groups is 1. The fraction of sp³-hybridized carbons (Fsp3) is 0.150. The van der Waals surface area contributed by atoms with Crippen molar-refractivity contribution < 1.29 is 27.4 Å². The van der Waals surface area contributed by atoms with Crippen LogP contribution in [-0.2, 0) is 6.54 Å². The number of nitrogens with one attached hydrogen (secondary N) is 1. The van der Waals surface area contributed by atoms with E-state index < -0.39 is 46.6 Å². The molecular formula is C20H14F4N4O3. The molecule has 2 aromatic heterocycles. The molecule has 0 fully saturated rings. The van der Waals surface area contributed by atoms with Crippen molar-refractivity contribution in [1.82, 2.24) is 19.7 Å². The Morgan fingerprint density at radius 2 is 1.81 bits per heavy atom. The summed E-state index contributed by atoms with van der Waals surface area (Å²) in [7, 11) is 0. The quantitative estimate of drug-likeness (QED) is 0.469. The molecule has 0 amide bonds. The van der Waals surface area contributed by atoms with Gasteiger partial charge in [0.25, 0.3) is 5.88 Å². The van der Waals surface area contributed by atoms with Gasteiger partial charge >= 0.3 is 5.56 Å². The Hall–Kier alpha value is -3.73. The van der Waals surface area contributed by atoms with Crippen LogP contribution >= 0.6 is 0 Å². The third kappa shape index (κ3) is 3.87. The van der Waals surface area contributed by atoms with E-state index in [2.05, 4.69) is 15.2 Å². The van der Waals surface area contributed by atoms with Crippen LogP contribution in [0.5, 0.6) is 11.6 Å². The van der Waals surface area contributed by atoms with Crippen molar-refractivity contribution >= 4 is 11.2 Å². The minimum absolute atomic E-state index is 0.0117. The molecule has 31 heavy (non-hydrogen) atoms. The molecule has 0 radical (unpaired) electrons. The first kappa shape index (κ1) is 20.5. The van der Waals surface area contributed by atoms with Gasteiger partial charge in [0.15, 0.2) is 17.2 Å². The molecule has 2 aromatic carbocycles. The number of hydrogen-bond acceptors (Lipinski definition) is 5. The van der Waals surface area contributed by atoms with Crippen LogP contribution in [0.4, 0.5) is 17.6 Å². The highest BCUT2D eigenvalue weighted by molar-refractivity contribution is 5.88. The van der Waals surface area contributed by atoms with Gasteiger partial charge in [-0.05, 0) is 37.3 Å². The zero-order chi connectivity index (χ0) is 22.3. The van der Waals surface area contributed by atoms with Crippen LogP contribution in [0.2, 0.25) is 0 Å². The molecule has 11 heteroatoms. The van der Waals surface area contributed by atoms with E-state index >= 15 is 0 Å². The lowest BCUT2D eigenvalue weighted by Crippen LogP contribution is -2.27. The summed E-state index contributed by atoms with van der Waals surface area (Å²) in [5.41, 5.74) is -1.31. The van der Waals surface area contributed by atoms with Crippen molar-refractivity contribution in [3.8, 4) is 22.9 Å². The maximum Gasteiger partial charge on any atom is 0.314 e. The van der Waals surface area contributed by atoms with E-state index in [0.29, 0.717) is 6.07 Å². The molecule has 160 valence electrons. The molecule has 4 rings (SSSR count). The van der Waals surface area contributed by atoms with E-state index in [0.717, 1.165) is 34.9 Å². The second kappa shape index (κ2) is 7.84. The topological polar surface area (TPSA) is 93.0 Å². The van der Waals surface area contributed by atoms with Crippen molar-refractivity contribution in [2.24, 2.45) is 0 Å². The first-order valence-corrected chi connectivity index (χ1v) is 9.00. The van der Waals surface area contributed by atoms with Crippen LogP contribution in [0.1, 0.15) is 6.92 Å². The van der Waals surface area contributed by atoms with Crippen molar-refractivity contribution in [1.29, 1.82) is 0 Å². The molecule has 7 nitrogen and oxygen atoms in total. The molecule has 1 unspecified atom stereocenters. The largest absolute Gasteiger partial charge is 0.431 e. The van der Waals surface area contributed by atoms with Crippen LogP contribution in [0, 0.1) is 23.3 Å². The van der Waals surface area contributed by atoms with Gasteiger partial charge in [-0.15, -0.1) is 0 Å². The van der Waals surface area contributed by atoms with Crippen LogP contribution in [0.15, 0.2) is 41.2 Å². The lowest BCUT2D eigenvalue weighted by atomic mass is 10.1. The molecule has 2 heterocycles. The van der Waals surface area contributed by atoms with Gasteiger partial charge in [-0.1, -0.05) is 0 Å². The number of H-pyrrole nitrogens is 1. The average Bonchev–Trinajstić information content (AvgIpc) is 3.12. The fourth-order valence-electron chi connectivity index (χ4n) is 3.06. The highest BCUT2D eigenvalue weighted by Gasteiger charge is 2.23. The van der Waals surface area contributed by atoms with Crippen molar-refractivity contribution in [3.63, 3.8) is 0 Å². The number of nitrogens with zero attached hydrogens (tertiary/aromatic N) is 3. The normalized spacial score (nSPS) is 12.3. The maximum atomic E-state index is 14.3. The number of aromatic amines is 1. The fourth-order valence-corrected chi connectivity index (χ4v) is 3.06. The SMILES string of the molecule is CC(O)Cn1c(=O)c(Oc2ccc(F)cc2F)nc2[nH]nc(-c3cc(F)ccc3F)c21. The number of halogens is 4. The molecule has 0 saturated carbocycles. The zero-order valence-corrected chi connectivity index (χ0v) is 15.9. The Bertz CT molecular complexity index is 1350. The van der Waals surface area contributed by atoms with Gasteiger partial charge in [-0.2, -0.15) is 10.1 Å². The minimum Gasteiger partial charge on any atom is -0.431 e. The molecule has 0 aliphatic heterocycles. The lowest BCUT2D eigenvalue weighted by Gasteiger charge is -2.13. The first-order chi connectivity index (χ1) is 14.7. The molecule has 2 N–H and O–H groups in total. The predicted molar refractivity (Wildman–Crippen MR) is 102 cm³/mol. The van der Waals surface area contributed by atoms with E-state index in [1.807, 2.05) is 0 Å². The Labute approximate surface area is 171 Å². The monoisotopic (exact) mass is 434 g/mol. The molecule has 0 spiro atoms.